The van der Waals surface area contributed by atoms with Gasteiger partial charge in [0.25, 0.3) is 0 Å². The Balaban J connectivity index is 2.42. The van der Waals surface area contributed by atoms with E-state index in [-0.39, 0.29) is 22.0 Å². The fourth-order valence-corrected chi connectivity index (χ4v) is 2.93. The van der Waals surface area contributed by atoms with Gasteiger partial charge in [-0.1, -0.05) is 17.8 Å². The van der Waals surface area contributed by atoms with Crippen LogP contribution in [0.3, 0.4) is 0 Å². The normalized spacial score (nSPS) is 18.8. The molecule has 2 rings (SSSR count). The Morgan fingerprint density at radius 2 is 1.81 bits per heavy atom. The van der Waals surface area contributed by atoms with E-state index in [2.05, 4.69) is 0 Å². The largest absolute Gasteiger partial charge is 0.491 e. The Bertz CT molecular complexity index is 744. The Kier molecular flexibility index (Phi) is 6.00. The molecule has 0 aliphatic carbocycles. The van der Waals surface area contributed by atoms with Crippen LogP contribution in [0, 0.1) is 5.82 Å². The average Bonchev–Trinajstić information content (AvgIpc) is 2.72. The SMILES string of the molecule is CC(=O)SCC(=Cc1cc(C(=O)O)ccc1F)B1OC(C)(C)C(C)(C)O1. The maximum atomic E-state index is 14.2. The van der Waals surface area contributed by atoms with Crippen molar-refractivity contribution in [3.05, 3.63) is 40.6 Å². The van der Waals surface area contributed by atoms with Gasteiger partial charge in [0.2, 0.25) is 0 Å². The lowest BCUT2D eigenvalue weighted by atomic mass is 9.78. The van der Waals surface area contributed by atoms with E-state index in [9.17, 15) is 14.0 Å². The minimum atomic E-state index is -1.14. The number of benzene rings is 1. The van der Waals surface area contributed by atoms with Gasteiger partial charge in [-0.05, 0) is 51.4 Å². The maximum Gasteiger partial charge on any atom is 0.491 e. The summed E-state index contributed by atoms with van der Waals surface area (Å²) in [4.78, 5) is 22.5. The van der Waals surface area contributed by atoms with Crippen LogP contribution in [0.5, 0.6) is 0 Å². The molecule has 1 heterocycles. The second kappa shape index (κ2) is 7.54. The summed E-state index contributed by atoms with van der Waals surface area (Å²) >= 11 is 1.06. The lowest BCUT2D eigenvalue weighted by molar-refractivity contribution is -0.109. The minimum absolute atomic E-state index is 0.0230. The third-order valence-corrected chi connectivity index (χ3v) is 5.47. The summed E-state index contributed by atoms with van der Waals surface area (Å²) in [5, 5.41) is 9.03. The second-order valence-electron chi connectivity index (χ2n) is 7.13. The fraction of sp³-hybridized carbons (Fsp3) is 0.444. The third kappa shape index (κ3) is 4.55. The predicted molar refractivity (Wildman–Crippen MR) is 101 cm³/mol. The molecule has 140 valence electrons. The average molecular weight is 380 g/mol. The molecule has 0 saturated carbocycles. The highest BCUT2D eigenvalue weighted by Gasteiger charge is 2.52. The van der Waals surface area contributed by atoms with E-state index in [4.69, 9.17) is 14.4 Å². The van der Waals surface area contributed by atoms with Crippen LogP contribution in [0.25, 0.3) is 6.08 Å². The summed E-state index contributed by atoms with van der Waals surface area (Å²) in [6.45, 7) is 9.03. The van der Waals surface area contributed by atoms with Crippen molar-refractivity contribution >= 4 is 36.0 Å². The van der Waals surface area contributed by atoms with Crippen molar-refractivity contribution in [2.75, 3.05) is 5.75 Å². The van der Waals surface area contributed by atoms with Gasteiger partial charge in [0, 0.05) is 18.2 Å². The number of thioether (sulfide) groups is 1. The number of aromatic carboxylic acids is 1. The summed E-state index contributed by atoms with van der Waals surface area (Å²) < 4.78 is 26.2. The van der Waals surface area contributed by atoms with E-state index in [1.807, 2.05) is 27.7 Å². The Morgan fingerprint density at radius 3 is 2.31 bits per heavy atom. The van der Waals surface area contributed by atoms with E-state index in [0.29, 0.717) is 5.47 Å². The molecule has 1 saturated heterocycles. The van der Waals surface area contributed by atoms with E-state index in [1.54, 1.807) is 0 Å². The van der Waals surface area contributed by atoms with Gasteiger partial charge in [-0.2, -0.15) is 0 Å². The molecular weight excluding hydrogens is 358 g/mol. The molecule has 1 fully saturated rings. The summed E-state index contributed by atoms with van der Waals surface area (Å²) in [6, 6.07) is 3.56. The maximum absolute atomic E-state index is 14.2. The number of halogens is 1. The highest BCUT2D eigenvalue weighted by Crippen LogP contribution is 2.39. The summed E-state index contributed by atoms with van der Waals surface area (Å²) in [6.07, 6.45) is 1.50. The van der Waals surface area contributed by atoms with E-state index in [1.165, 1.54) is 25.1 Å². The Hall–Kier alpha value is -1.64. The molecule has 1 aromatic carbocycles. The van der Waals surface area contributed by atoms with E-state index < -0.39 is 30.1 Å². The standard InChI is InChI=1S/C18H22BFO5S/c1-11(21)26-10-14(19-24-17(2,3)18(4,5)25-19)9-13-8-12(16(22)23)6-7-15(13)20/h6-9H,10H2,1-5H3,(H,22,23). The molecule has 0 unspecified atom stereocenters. The van der Waals surface area contributed by atoms with E-state index >= 15 is 0 Å². The number of hydrogen-bond acceptors (Lipinski definition) is 5. The molecule has 0 bridgehead atoms. The number of carboxylic acid groups (broad SMARTS) is 1. The molecule has 5 nitrogen and oxygen atoms in total. The quantitative estimate of drug-likeness (QED) is 0.783. The first-order chi connectivity index (χ1) is 11.9. The third-order valence-electron chi connectivity index (χ3n) is 4.58. The molecule has 1 N–H and O–H groups in total. The van der Waals surface area contributed by atoms with Crippen molar-refractivity contribution in [2.45, 2.75) is 45.8 Å². The van der Waals surface area contributed by atoms with Crippen molar-refractivity contribution in [3.63, 3.8) is 0 Å². The molecule has 0 atom stereocenters. The van der Waals surface area contributed by atoms with Crippen molar-refractivity contribution in [1.82, 2.24) is 0 Å². The van der Waals surface area contributed by atoms with Crippen LogP contribution in [-0.4, -0.2) is 40.3 Å². The molecule has 0 amide bonds. The van der Waals surface area contributed by atoms with Crippen LogP contribution < -0.4 is 0 Å². The first kappa shape index (κ1) is 20.7. The smallest absolute Gasteiger partial charge is 0.478 e. The first-order valence-electron chi connectivity index (χ1n) is 8.15. The van der Waals surface area contributed by atoms with Crippen LogP contribution in [0.2, 0.25) is 0 Å². The zero-order valence-electron chi connectivity index (χ0n) is 15.5. The van der Waals surface area contributed by atoms with Gasteiger partial charge in [0.15, 0.2) is 5.12 Å². The number of rotatable bonds is 5. The fourth-order valence-electron chi connectivity index (χ4n) is 2.34. The van der Waals surface area contributed by atoms with Gasteiger partial charge >= 0.3 is 13.1 Å². The van der Waals surface area contributed by atoms with Crippen molar-refractivity contribution < 1.29 is 28.4 Å². The summed E-state index contributed by atoms with van der Waals surface area (Å²) in [5.41, 5.74) is -0.521. The molecule has 0 spiro atoms. The van der Waals surface area contributed by atoms with Crippen LogP contribution in [0.15, 0.2) is 23.7 Å². The molecule has 1 aliphatic rings. The Labute approximate surface area is 157 Å². The number of carboxylic acids is 1. The molecule has 26 heavy (non-hydrogen) atoms. The molecule has 1 aromatic rings. The van der Waals surface area contributed by atoms with Crippen molar-refractivity contribution in [3.8, 4) is 0 Å². The predicted octanol–water partition coefficient (Wildman–Crippen LogP) is 3.82. The first-order valence-corrected chi connectivity index (χ1v) is 9.14. The molecular formula is C18H22BFO5S. The van der Waals surface area contributed by atoms with E-state index in [0.717, 1.165) is 17.8 Å². The highest BCUT2D eigenvalue weighted by atomic mass is 32.2. The van der Waals surface area contributed by atoms with Crippen LogP contribution in [-0.2, 0) is 14.1 Å². The molecule has 0 aromatic heterocycles. The Morgan fingerprint density at radius 1 is 1.23 bits per heavy atom. The monoisotopic (exact) mass is 380 g/mol. The number of hydrogen-bond donors (Lipinski definition) is 1. The lowest BCUT2D eigenvalue weighted by Crippen LogP contribution is -2.41. The van der Waals surface area contributed by atoms with Gasteiger partial charge < -0.3 is 14.4 Å². The van der Waals surface area contributed by atoms with Gasteiger partial charge in [-0.3, -0.25) is 4.79 Å². The molecule has 1 aliphatic heterocycles. The topological polar surface area (TPSA) is 72.8 Å². The van der Waals surface area contributed by atoms with Crippen LogP contribution in [0.1, 0.15) is 50.5 Å². The number of carbonyl (C=O) groups is 2. The lowest BCUT2D eigenvalue weighted by Gasteiger charge is -2.32. The zero-order chi connectivity index (χ0) is 19.7. The highest BCUT2D eigenvalue weighted by molar-refractivity contribution is 8.13. The minimum Gasteiger partial charge on any atom is -0.478 e. The van der Waals surface area contributed by atoms with Crippen LogP contribution in [0.4, 0.5) is 4.39 Å². The summed E-state index contributed by atoms with van der Waals surface area (Å²) in [7, 11) is -0.750. The van der Waals surface area contributed by atoms with Gasteiger partial charge in [-0.25, -0.2) is 9.18 Å². The van der Waals surface area contributed by atoms with Crippen molar-refractivity contribution in [1.29, 1.82) is 0 Å². The zero-order valence-corrected chi connectivity index (χ0v) is 16.3. The second-order valence-corrected chi connectivity index (χ2v) is 8.28. The molecule has 8 heteroatoms. The van der Waals surface area contributed by atoms with Crippen molar-refractivity contribution in [2.24, 2.45) is 0 Å². The van der Waals surface area contributed by atoms with Gasteiger partial charge in [0.1, 0.15) is 5.82 Å². The molecule has 0 radical (unpaired) electrons. The van der Waals surface area contributed by atoms with Gasteiger partial charge in [-0.15, -0.1) is 0 Å². The van der Waals surface area contributed by atoms with Crippen LogP contribution >= 0.6 is 11.8 Å². The van der Waals surface area contributed by atoms with Gasteiger partial charge in [0.05, 0.1) is 16.8 Å². The number of carbonyl (C=O) groups excluding carboxylic acids is 1. The summed E-state index contributed by atoms with van der Waals surface area (Å²) in [5.74, 6) is -1.45.